The van der Waals surface area contributed by atoms with Crippen molar-refractivity contribution >= 4 is 17.7 Å². The number of pyridine rings is 1. The lowest BCUT2D eigenvalue weighted by molar-refractivity contribution is -0.137. The van der Waals surface area contributed by atoms with Crippen LogP contribution in [0.25, 0.3) is 0 Å². The maximum absolute atomic E-state index is 12.3. The molecule has 1 amide bonds. The number of aromatic nitrogens is 1. The van der Waals surface area contributed by atoms with Crippen molar-refractivity contribution in [3.63, 3.8) is 0 Å². The summed E-state index contributed by atoms with van der Waals surface area (Å²) in [5.41, 5.74) is 4.37. The summed E-state index contributed by atoms with van der Waals surface area (Å²) in [6, 6.07) is 1.85. The number of carbonyl (C=O) groups excluding carboxylic acids is 1. The Labute approximate surface area is 113 Å². The van der Waals surface area contributed by atoms with Gasteiger partial charge in [-0.1, -0.05) is 0 Å². The average Bonchev–Trinajstić information content (AvgIpc) is 2.33. The van der Waals surface area contributed by atoms with Gasteiger partial charge < -0.3 is 11.1 Å². The Morgan fingerprint density at radius 1 is 1.53 bits per heavy atom. The maximum atomic E-state index is 12.3. The van der Waals surface area contributed by atoms with E-state index in [1.807, 2.05) is 0 Å². The second-order valence-corrected chi connectivity index (χ2v) is 4.88. The number of likely N-dealkylation sites (N-methyl/N-ethyl adjacent to an activating group) is 1. The minimum absolute atomic E-state index is 0.443. The third-order valence-electron chi connectivity index (χ3n) is 2.41. The minimum Gasteiger partial charge on any atom is -0.368 e. The van der Waals surface area contributed by atoms with E-state index in [2.05, 4.69) is 10.3 Å². The van der Waals surface area contributed by atoms with Gasteiger partial charge >= 0.3 is 6.18 Å². The van der Waals surface area contributed by atoms with Gasteiger partial charge in [-0.15, -0.1) is 11.8 Å². The van der Waals surface area contributed by atoms with Crippen molar-refractivity contribution in [2.45, 2.75) is 23.7 Å². The number of rotatable bonds is 6. The zero-order valence-corrected chi connectivity index (χ0v) is 11.0. The lowest BCUT2D eigenvalue weighted by Crippen LogP contribution is -2.39. The van der Waals surface area contributed by atoms with Crippen LogP contribution in [0.3, 0.4) is 0 Å². The smallest absolute Gasteiger partial charge is 0.368 e. The molecule has 0 aliphatic heterocycles. The molecule has 1 aromatic rings. The van der Waals surface area contributed by atoms with Crippen LogP contribution in [0.1, 0.15) is 12.0 Å². The number of nitrogens with zero attached hydrogens (tertiary/aromatic N) is 1. The number of alkyl halides is 3. The molecule has 0 radical (unpaired) electrons. The van der Waals surface area contributed by atoms with Gasteiger partial charge in [-0.3, -0.25) is 4.79 Å². The predicted molar refractivity (Wildman–Crippen MR) is 66.6 cm³/mol. The predicted octanol–water partition coefficient (Wildman–Crippen LogP) is 1.66. The first kappa shape index (κ1) is 15.8. The first-order valence-corrected chi connectivity index (χ1v) is 6.45. The molecule has 1 aromatic heterocycles. The quantitative estimate of drug-likeness (QED) is 0.783. The lowest BCUT2D eigenvalue weighted by Gasteiger charge is -2.11. The Balaban J connectivity index is 2.49. The molecule has 0 saturated carbocycles. The third kappa shape index (κ3) is 5.07. The Morgan fingerprint density at radius 2 is 2.21 bits per heavy atom. The van der Waals surface area contributed by atoms with Gasteiger partial charge in [0.05, 0.1) is 16.6 Å². The van der Waals surface area contributed by atoms with Gasteiger partial charge in [0, 0.05) is 11.9 Å². The molecule has 0 saturated heterocycles. The fourth-order valence-electron chi connectivity index (χ4n) is 1.34. The van der Waals surface area contributed by atoms with Gasteiger partial charge in [-0.2, -0.15) is 13.2 Å². The third-order valence-corrected chi connectivity index (χ3v) is 3.39. The Hall–Kier alpha value is -1.28. The SMILES string of the molecule is CNC(CCSc1ccc(C(F)(F)F)cn1)C(N)=O. The van der Waals surface area contributed by atoms with Crippen LogP contribution in [0.5, 0.6) is 0 Å². The zero-order valence-electron chi connectivity index (χ0n) is 10.2. The van der Waals surface area contributed by atoms with Crippen LogP contribution in [-0.4, -0.2) is 29.7 Å². The maximum Gasteiger partial charge on any atom is 0.417 e. The van der Waals surface area contributed by atoms with E-state index in [9.17, 15) is 18.0 Å². The molecule has 1 heterocycles. The molecule has 0 aliphatic carbocycles. The highest BCUT2D eigenvalue weighted by Crippen LogP contribution is 2.29. The monoisotopic (exact) mass is 293 g/mol. The van der Waals surface area contributed by atoms with E-state index in [-0.39, 0.29) is 0 Å². The van der Waals surface area contributed by atoms with Crippen LogP contribution in [-0.2, 0) is 11.0 Å². The molecule has 1 unspecified atom stereocenters. The highest BCUT2D eigenvalue weighted by atomic mass is 32.2. The van der Waals surface area contributed by atoms with Crippen LogP contribution in [0.15, 0.2) is 23.4 Å². The molecule has 8 heteroatoms. The summed E-state index contributed by atoms with van der Waals surface area (Å²) in [5.74, 6) is 0.0794. The number of carbonyl (C=O) groups is 1. The molecule has 4 nitrogen and oxygen atoms in total. The summed E-state index contributed by atoms with van der Waals surface area (Å²) in [4.78, 5) is 14.7. The van der Waals surface area contributed by atoms with Crippen LogP contribution in [0.4, 0.5) is 13.2 Å². The minimum atomic E-state index is -4.38. The number of amides is 1. The van der Waals surface area contributed by atoms with Crippen molar-refractivity contribution in [1.82, 2.24) is 10.3 Å². The number of hydrogen-bond donors (Lipinski definition) is 2. The molecule has 1 atom stereocenters. The van der Waals surface area contributed by atoms with Crippen molar-refractivity contribution in [3.8, 4) is 0 Å². The molecule has 0 bridgehead atoms. The molecular formula is C11H14F3N3OS. The Morgan fingerprint density at radius 3 is 2.63 bits per heavy atom. The van der Waals surface area contributed by atoms with Gasteiger partial charge in [-0.25, -0.2) is 4.98 Å². The largest absolute Gasteiger partial charge is 0.417 e. The first-order valence-electron chi connectivity index (χ1n) is 5.47. The van der Waals surface area contributed by atoms with E-state index in [0.29, 0.717) is 17.2 Å². The van der Waals surface area contributed by atoms with Crippen molar-refractivity contribution in [3.05, 3.63) is 23.9 Å². The van der Waals surface area contributed by atoms with E-state index < -0.39 is 23.7 Å². The number of nitrogens with two attached hydrogens (primary N) is 1. The van der Waals surface area contributed by atoms with Gasteiger partial charge in [0.1, 0.15) is 0 Å². The van der Waals surface area contributed by atoms with Crippen LogP contribution < -0.4 is 11.1 Å². The number of primary amides is 1. The summed E-state index contributed by atoms with van der Waals surface area (Å²) in [7, 11) is 1.62. The van der Waals surface area contributed by atoms with E-state index in [4.69, 9.17) is 5.73 Å². The first-order chi connectivity index (χ1) is 8.84. The summed E-state index contributed by atoms with van der Waals surface area (Å²) < 4.78 is 36.9. The van der Waals surface area contributed by atoms with E-state index in [0.717, 1.165) is 12.3 Å². The van der Waals surface area contributed by atoms with Crippen LogP contribution >= 0.6 is 11.8 Å². The molecule has 0 aromatic carbocycles. The van der Waals surface area contributed by atoms with E-state index >= 15 is 0 Å². The molecular weight excluding hydrogens is 279 g/mol. The molecule has 0 aliphatic rings. The van der Waals surface area contributed by atoms with Gasteiger partial charge in [0.25, 0.3) is 0 Å². The Bertz CT molecular complexity index is 422. The van der Waals surface area contributed by atoms with E-state index in [1.165, 1.54) is 17.8 Å². The van der Waals surface area contributed by atoms with Crippen LogP contribution in [0.2, 0.25) is 0 Å². The standard InChI is InChI=1S/C11H14F3N3OS/c1-16-8(10(15)18)4-5-19-9-3-2-7(6-17-9)11(12,13)14/h2-3,6,8,16H,4-5H2,1H3,(H2,15,18). The number of hydrogen-bond acceptors (Lipinski definition) is 4. The average molecular weight is 293 g/mol. The molecule has 1 rings (SSSR count). The van der Waals surface area contributed by atoms with E-state index in [1.54, 1.807) is 7.05 Å². The Kier molecular flexibility index (Phi) is 5.61. The summed E-state index contributed by atoms with van der Waals surface area (Å²) in [6.07, 6.45) is -3.09. The van der Waals surface area contributed by atoms with Crippen molar-refractivity contribution < 1.29 is 18.0 Å². The number of thioether (sulfide) groups is 1. The van der Waals surface area contributed by atoms with Gasteiger partial charge in [0.2, 0.25) is 5.91 Å². The lowest BCUT2D eigenvalue weighted by atomic mass is 10.2. The molecule has 19 heavy (non-hydrogen) atoms. The number of nitrogens with one attached hydrogen (secondary N) is 1. The van der Waals surface area contributed by atoms with Crippen LogP contribution in [0, 0.1) is 0 Å². The summed E-state index contributed by atoms with van der Waals surface area (Å²) >= 11 is 1.27. The molecule has 106 valence electrons. The second kappa shape index (κ2) is 6.76. The van der Waals surface area contributed by atoms with Gasteiger partial charge in [-0.05, 0) is 25.6 Å². The van der Waals surface area contributed by atoms with Gasteiger partial charge in [0.15, 0.2) is 0 Å². The molecule has 3 N–H and O–H groups in total. The fourth-order valence-corrected chi connectivity index (χ4v) is 2.20. The second-order valence-electron chi connectivity index (χ2n) is 3.76. The fraction of sp³-hybridized carbons (Fsp3) is 0.455. The molecule has 0 spiro atoms. The van der Waals surface area contributed by atoms with Crippen molar-refractivity contribution in [2.75, 3.05) is 12.8 Å². The zero-order chi connectivity index (χ0) is 14.5. The normalized spacial score (nSPS) is 13.3. The topological polar surface area (TPSA) is 68.0 Å². The highest BCUT2D eigenvalue weighted by Gasteiger charge is 2.30. The number of halogens is 3. The molecule has 0 fully saturated rings. The summed E-state index contributed by atoms with van der Waals surface area (Å²) in [5, 5.41) is 3.24. The highest BCUT2D eigenvalue weighted by molar-refractivity contribution is 7.99. The van der Waals surface area contributed by atoms with Crippen molar-refractivity contribution in [2.24, 2.45) is 5.73 Å². The summed E-state index contributed by atoms with van der Waals surface area (Å²) in [6.45, 7) is 0. The van der Waals surface area contributed by atoms with Crippen molar-refractivity contribution in [1.29, 1.82) is 0 Å².